The molecule has 4 nitrogen and oxygen atoms in total. The third-order valence-corrected chi connectivity index (χ3v) is 6.07. The average Bonchev–Trinajstić information content (AvgIpc) is 3.02. The van der Waals surface area contributed by atoms with Crippen LogP contribution in [-0.4, -0.2) is 35.9 Å². The van der Waals surface area contributed by atoms with E-state index in [0.29, 0.717) is 18.7 Å². The standard InChI is InChI=1S/C19H18N2O2S2/c1-2-24-15-9-7-13(8-10-15)18(22)23-14-11-21(12-14)19-20-16-5-3-4-6-17(16)25-19/h3-10,14H,2,11-12H2,1H3. The van der Waals surface area contributed by atoms with Gasteiger partial charge in [0.15, 0.2) is 5.13 Å². The molecule has 1 aliphatic rings. The zero-order valence-electron chi connectivity index (χ0n) is 13.8. The summed E-state index contributed by atoms with van der Waals surface area (Å²) in [6, 6.07) is 15.7. The van der Waals surface area contributed by atoms with Crippen LogP contribution < -0.4 is 4.90 Å². The van der Waals surface area contributed by atoms with Crippen molar-refractivity contribution in [3.05, 3.63) is 54.1 Å². The summed E-state index contributed by atoms with van der Waals surface area (Å²) in [5.41, 5.74) is 1.63. The lowest BCUT2D eigenvalue weighted by molar-refractivity contribution is 0.0234. The monoisotopic (exact) mass is 370 g/mol. The van der Waals surface area contributed by atoms with E-state index in [-0.39, 0.29) is 12.1 Å². The van der Waals surface area contributed by atoms with Crippen LogP contribution in [0.25, 0.3) is 10.2 Å². The van der Waals surface area contributed by atoms with Gasteiger partial charge in [0.2, 0.25) is 0 Å². The van der Waals surface area contributed by atoms with E-state index in [4.69, 9.17) is 4.74 Å². The molecule has 0 N–H and O–H groups in total. The summed E-state index contributed by atoms with van der Waals surface area (Å²) in [5.74, 6) is 0.773. The van der Waals surface area contributed by atoms with Gasteiger partial charge in [0.05, 0.1) is 28.9 Å². The number of rotatable bonds is 5. The first-order valence-corrected chi connectivity index (χ1v) is 10.1. The number of para-hydroxylation sites is 1. The summed E-state index contributed by atoms with van der Waals surface area (Å²) in [4.78, 5) is 20.2. The Hall–Kier alpha value is -2.05. The molecule has 0 aliphatic carbocycles. The molecule has 1 aromatic heterocycles. The van der Waals surface area contributed by atoms with Crippen LogP contribution in [-0.2, 0) is 4.74 Å². The largest absolute Gasteiger partial charge is 0.455 e. The Bertz CT molecular complexity index is 853. The molecule has 128 valence electrons. The Morgan fingerprint density at radius 1 is 1.24 bits per heavy atom. The van der Waals surface area contributed by atoms with Crippen LogP contribution >= 0.6 is 23.1 Å². The quantitative estimate of drug-likeness (QED) is 0.490. The molecule has 6 heteroatoms. The molecule has 1 fully saturated rings. The molecule has 3 aromatic rings. The molecule has 2 aromatic carbocycles. The third-order valence-electron chi connectivity index (χ3n) is 4.08. The van der Waals surface area contributed by atoms with E-state index in [9.17, 15) is 4.79 Å². The zero-order chi connectivity index (χ0) is 17.2. The second-order valence-electron chi connectivity index (χ2n) is 5.85. The van der Waals surface area contributed by atoms with Gasteiger partial charge in [0.25, 0.3) is 0 Å². The van der Waals surface area contributed by atoms with Crippen molar-refractivity contribution >= 4 is 44.4 Å². The number of esters is 1. The van der Waals surface area contributed by atoms with Gasteiger partial charge in [0.1, 0.15) is 6.10 Å². The third kappa shape index (κ3) is 3.50. The van der Waals surface area contributed by atoms with Gasteiger partial charge < -0.3 is 9.64 Å². The summed E-state index contributed by atoms with van der Waals surface area (Å²) in [6.45, 7) is 3.52. The minimum atomic E-state index is -0.248. The predicted octanol–water partition coefficient (Wildman–Crippen LogP) is 4.45. The molecule has 2 heterocycles. The molecule has 0 unspecified atom stereocenters. The maximum atomic E-state index is 12.2. The number of thioether (sulfide) groups is 1. The SMILES string of the molecule is CCSc1ccc(C(=O)OC2CN(c3nc4ccccc4s3)C2)cc1. The molecule has 1 saturated heterocycles. The second-order valence-corrected chi connectivity index (χ2v) is 8.20. The Morgan fingerprint density at radius 2 is 2.00 bits per heavy atom. The molecule has 0 radical (unpaired) electrons. The highest BCUT2D eigenvalue weighted by molar-refractivity contribution is 7.99. The first-order valence-electron chi connectivity index (χ1n) is 8.27. The number of benzene rings is 2. The van der Waals surface area contributed by atoms with E-state index in [0.717, 1.165) is 16.4 Å². The maximum absolute atomic E-state index is 12.2. The van der Waals surface area contributed by atoms with Crippen LogP contribution in [0.3, 0.4) is 0 Å². The highest BCUT2D eigenvalue weighted by atomic mass is 32.2. The van der Waals surface area contributed by atoms with Gasteiger partial charge in [-0.1, -0.05) is 30.4 Å². The number of hydrogen-bond donors (Lipinski definition) is 0. The van der Waals surface area contributed by atoms with Gasteiger partial charge in [0, 0.05) is 4.90 Å². The van der Waals surface area contributed by atoms with Crippen molar-refractivity contribution in [2.45, 2.75) is 17.9 Å². The highest BCUT2D eigenvalue weighted by Gasteiger charge is 2.32. The molecular weight excluding hydrogens is 352 g/mol. The summed E-state index contributed by atoms with van der Waals surface area (Å²) >= 11 is 3.44. The maximum Gasteiger partial charge on any atom is 0.338 e. The van der Waals surface area contributed by atoms with Crippen molar-refractivity contribution in [3.8, 4) is 0 Å². The molecule has 0 bridgehead atoms. The number of ether oxygens (including phenoxy) is 1. The van der Waals surface area contributed by atoms with E-state index in [1.165, 1.54) is 9.60 Å². The summed E-state index contributed by atoms with van der Waals surface area (Å²) in [5, 5.41) is 0.995. The van der Waals surface area contributed by atoms with E-state index in [1.807, 2.05) is 42.5 Å². The molecule has 0 atom stereocenters. The average molecular weight is 370 g/mol. The van der Waals surface area contributed by atoms with Crippen molar-refractivity contribution in [2.24, 2.45) is 0 Å². The van der Waals surface area contributed by atoms with Gasteiger partial charge in [-0.2, -0.15) is 0 Å². The zero-order valence-corrected chi connectivity index (χ0v) is 15.5. The van der Waals surface area contributed by atoms with E-state index in [2.05, 4.69) is 22.9 Å². The van der Waals surface area contributed by atoms with Crippen LogP contribution in [0.15, 0.2) is 53.4 Å². The van der Waals surface area contributed by atoms with Crippen molar-refractivity contribution in [1.82, 2.24) is 4.98 Å². The number of hydrogen-bond acceptors (Lipinski definition) is 6. The van der Waals surface area contributed by atoms with Gasteiger partial charge in [-0.25, -0.2) is 9.78 Å². The lowest BCUT2D eigenvalue weighted by Gasteiger charge is -2.38. The van der Waals surface area contributed by atoms with Gasteiger partial charge in [-0.05, 0) is 42.2 Å². The van der Waals surface area contributed by atoms with Crippen molar-refractivity contribution in [3.63, 3.8) is 0 Å². The number of thiazole rings is 1. The molecule has 0 saturated carbocycles. The number of carbonyl (C=O) groups excluding carboxylic acids is 1. The molecule has 0 amide bonds. The fourth-order valence-corrected chi connectivity index (χ4v) is 4.38. The van der Waals surface area contributed by atoms with Gasteiger partial charge in [-0.3, -0.25) is 0 Å². The predicted molar refractivity (Wildman–Crippen MR) is 104 cm³/mol. The number of nitrogens with zero attached hydrogens (tertiary/aromatic N) is 2. The molecule has 4 rings (SSSR count). The number of aromatic nitrogens is 1. The normalized spacial score (nSPS) is 14.5. The van der Waals surface area contributed by atoms with Crippen LogP contribution in [0, 0.1) is 0 Å². The fourth-order valence-electron chi connectivity index (χ4n) is 2.74. The number of carbonyl (C=O) groups is 1. The lowest BCUT2D eigenvalue weighted by Crippen LogP contribution is -2.53. The summed E-state index contributed by atoms with van der Waals surface area (Å²) in [7, 11) is 0. The topological polar surface area (TPSA) is 42.4 Å². The minimum Gasteiger partial charge on any atom is -0.455 e. The first-order chi connectivity index (χ1) is 12.2. The fraction of sp³-hybridized carbons (Fsp3) is 0.263. The van der Waals surface area contributed by atoms with Crippen LogP contribution in [0.4, 0.5) is 5.13 Å². The van der Waals surface area contributed by atoms with Crippen molar-refractivity contribution in [2.75, 3.05) is 23.7 Å². The summed E-state index contributed by atoms with van der Waals surface area (Å²) < 4.78 is 6.77. The van der Waals surface area contributed by atoms with Gasteiger partial charge in [-0.15, -0.1) is 11.8 Å². The Balaban J connectivity index is 1.33. The highest BCUT2D eigenvalue weighted by Crippen LogP contribution is 2.32. The number of anilines is 1. The number of fused-ring (bicyclic) bond motifs is 1. The summed E-state index contributed by atoms with van der Waals surface area (Å²) in [6.07, 6.45) is -0.0656. The van der Waals surface area contributed by atoms with Crippen molar-refractivity contribution in [1.29, 1.82) is 0 Å². The minimum absolute atomic E-state index is 0.0656. The van der Waals surface area contributed by atoms with Crippen LogP contribution in [0.1, 0.15) is 17.3 Å². The first kappa shape index (κ1) is 16.4. The van der Waals surface area contributed by atoms with Crippen LogP contribution in [0.5, 0.6) is 0 Å². The molecule has 1 aliphatic heterocycles. The molecule has 25 heavy (non-hydrogen) atoms. The van der Waals surface area contributed by atoms with E-state index >= 15 is 0 Å². The Kier molecular flexibility index (Phi) is 4.63. The van der Waals surface area contributed by atoms with E-state index < -0.39 is 0 Å². The Labute approximate surface area is 154 Å². The second kappa shape index (κ2) is 7.06. The Morgan fingerprint density at radius 3 is 2.72 bits per heavy atom. The lowest BCUT2D eigenvalue weighted by atomic mass is 10.2. The smallest absolute Gasteiger partial charge is 0.338 e. The van der Waals surface area contributed by atoms with Crippen molar-refractivity contribution < 1.29 is 9.53 Å². The van der Waals surface area contributed by atoms with E-state index in [1.54, 1.807) is 23.1 Å². The van der Waals surface area contributed by atoms with Crippen LogP contribution in [0.2, 0.25) is 0 Å². The molecule has 0 spiro atoms. The molecular formula is C19H18N2O2S2. The van der Waals surface area contributed by atoms with Gasteiger partial charge >= 0.3 is 5.97 Å².